The van der Waals surface area contributed by atoms with Gasteiger partial charge in [-0.05, 0) is 86.6 Å². The third-order valence-corrected chi connectivity index (χ3v) is 9.72. The summed E-state index contributed by atoms with van der Waals surface area (Å²) in [6.45, 7) is -0.627. The van der Waals surface area contributed by atoms with Gasteiger partial charge in [0, 0.05) is 5.54 Å². The van der Waals surface area contributed by atoms with Crippen LogP contribution in [0.25, 0.3) is 0 Å². The van der Waals surface area contributed by atoms with Crippen LogP contribution in [0, 0.1) is 17.8 Å². The number of carbonyl (C=O) groups is 1. The molecule has 0 unspecified atom stereocenters. The zero-order chi connectivity index (χ0) is 25.0. The van der Waals surface area contributed by atoms with E-state index in [4.69, 9.17) is 11.6 Å². The maximum Gasteiger partial charge on any atom is 0.417 e. The van der Waals surface area contributed by atoms with E-state index >= 15 is 0 Å². The average molecular weight is 527 g/mol. The van der Waals surface area contributed by atoms with Gasteiger partial charge in [0.1, 0.15) is 6.54 Å². The highest BCUT2D eigenvalue weighted by Gasteiger charge is 2.51. The predicted octanol–water partition coefficient (Wildman–Crippen LogP) is 5.64. The van der Waals surface area contributed by atoms with Crippen LogP contribution in [-0.2, 0) is 21.0 Å². The molecule has 10 heteroatoms. The number of benzene rings is 2. The molecule has 5 nitrogen and oxygen atoms in total. The molecule has 2 aromatic carbocycles. The molecule has 188 valence electrons. The maximum absolute atomic E-state index is 13.5. The van der Waals surface area contributed by atoms with E-state index in [1.54, 1.807) is 6.07 Å². The Morgan fingerprint density at radius 1 is 1.00 bits per heavy atom. The summed E-state index contributed by atoms with van der Waals surface area (Å²) in [6.07, 6.45) is 1.36. The molecule has 2 aromatic rings. The molecule has 0 aromatic heterocycles. The van der Waals surface area contributed by atoms with E-state index in [1.165, 1.54) is 49.6 Å². The van der Waals surface area contributed by atoms with Crippen molar-refractivity contribution in [1.82, 2.24) is 5.32 Å². The number of nitrogens with one attached hydrogen (secondary N) is 1. The van der Waals surface area contributed by atoms with Gasteiger partial charge >= 0.3 is 6.18 Å². The first-order valence-corrected chi connectivity index (χ1v) is 13.5. The fourth-order valence-electron chi connectivity index (χ4n) is 6.65. The van der Waals surface area contributed by atoms with Gasteiger partial charge < -0.3 is 5.32 Å². The normalized spacial score (nSPS) is 27.6. The second kappa shape index (κ2) is 8.69. The van der Waals surface area contributed by atoms with Crippen LogP contribution in [-0.4, -0.2) is 26.4 Å². The van der Waals surface area contributed by atoms with E-state index in [0.717, 1.165) is 29.6 Å². The first kappa shape index (κ1) is 24.4. The molecule has 0 spiro atoms. The molecule has 4 aliphatic rings. The minimum Gasteiger partial charge on any atom is -0.349 e. The van der Waals surface area contributed by atoms with Crippen LogP contribution in [0.15, 0.2) is 53.4 Å². The van der Waals surface area contributed by atoms with Crippen LogP contribution >= 0.6 is 11.6 Å². The van der Waals surface area contributed by atoms with Crippen LogP contribution in [0.1, 0.15) is 44.1 Å². The minimum atomic E-state index is -4.78. The van der Waals surface area contributed by atoms with Crippen LogP contribution in [0.4, 0.5) is 18.9 Å². The maximum atomic E-state index is 13.5. The molecule has 6 rings (SSSR count). The highest BCUT2D eigenvalue weighted by molar-refractivity contribution is 7.92. The molecule has 35 heavy (non-hydrogen) atoms. The molecule has 4 aliphatic carbocycles. The Morgan fingerprint density at radius 3 is 2.11 bits per heavy atom. The van der Waals surface area contributed by atoms with Gasteiger partial charge in [-0.1, -0.05) is 29.8 Å². The van der Waals surface area contributed by atoms with Crippen molar-refractivity contribution in [3.05, 3.63) is 59.1 Å². The lowest BCUT2D eigenvalue weighted by atomic mass is 9.53. The number of sulfonamides is 1. The molecule has 4 saturated carbocycles. The number of anilines is 1. The SMILES string of the molecule is O=C(CN(c1ccc(Cl)c(C(F)(F)F)c1)S(=O)(=O)c1ccccc1)NC12CC3CC(CC(C3)C1)C2. The summed E-state index contributed by atoms with van der Waals surface area (Å²) in [4.78, 5) is 13.2. The van der Waals surface area contributed by atoms with Crippen molar-refractivity contribution in [2.24, 2.45) is 17.8 Å². The van der Waals surface area contributed by atoms with E-state index in [9.17, 15) is 26.4 Å². The van der Waals surface area contributed by atoms with Crippen molar-refractivity contribution in [3.8, 4) is 0 Å². The smallest absolute Gasteiger partial charge is 0.349 e. The van der Waals surface area contributed by atoms with Crippen molar-refractivity contribution in [2.75, 3.05) is 10.8 Å². The van der Waals surface area contributed by atoms with E-state index in [0.29, 0.717) is 23.8 Å². The van der Waals surface area contributed by atoms with E-state index in [-0.39, 0.29) is 16.1 Å². The highest BCUT2D eigenvalue weighted by Crippen LogP contribution is 2.55. The second-order valence-electron chi connectivity index (χ2n) is 10.2. The molecule has 1 amide bonds. The fourth-order valence-corrected chi connectivity index (χ4v) is 8.31. The zero-order valence-electron chi connectivity index (χ0n) is 18.9. The van der Waals surface area contributed by atoms with Gasteiger partial charge in [-0.3, -0.25) is 9.10 Å². The van der Waals surface area contributed by atoms with Crippen molar-refractivity contribution in [3.63, 3.8) is 0 Å². The Labute approximate surface area is 207 Å². The molecule has 0 radical (unpaired) electrons. The molecular weight excluding hydrogens is 501 g/mol. The first-order valence-electron chi connectivity index (χ1n) is 11.7. The topological polar surface area (TPSA) is 66.5 Å². The summed E-state index contributed by atoms with van der Waals surface area (Å²) in [5.74, 6) is 1.18. The van der Waals surface area contributed by atoms with Gasteiger partial charge in [-0.2, -0.15) is 13.2 Å². The average Bonchev–Trinajstić information content (AvgIpc) is 2.76. The number of alkyl halides is 3. The third-order valence-electron chi connectivity index (χ3n) is 7.60. The van der Waals surface area contributed by atoms with Crippen molar-refractivity contribution >= 4 is 33.2 Å². The lowest BCUT2D eigenvalue weighted by Gasteiger charge is -2.57. The van der Waals surface area contributed by atoms with Crippen molar-refractivity contribution < 1.29 is 26.4 Å². The van der Waals surface area contributed by atoms with Crippen molar-refractivity contribution in [1.29, 1.82) is 0 Å². The van der Waals surface area contributed by atoms with Crippen LogP contribution < -0.4 is 9.62 Å². The third kappa shape index (κ3) is 4.77. The lowest BCUT2D eigenvalue weighted by Crippen LogP contribution is -2.61. The molecule has 4 fully saturated rings. The summed E-state index contributed by atoms with van der Waals surface area (Å²) in [7, 11) is -4.33. The first-order chi connectivity index (χ1) is 16.5. The van der Waals surface area contributed by atoms with E-state index < -0.39 is 39.2 Å². The summed E-state index contributed by atoms with van der Waals surface area (Å²) in [5.41, 5.74) is -1.79. The molecule has 0 atom stereocenters. The van der Waals surface area contributed by atoms with Gasteiger partial charge in [-0.25, -0.2) is 8.42 Å². The number of carbonyl (C=O) groups excluding carboxylic acids is 1. The molecule has 0 aliphatic heterocycles. The summed E-state index contributed by atoms with van der Waals surface area (Å²) < 4.78 is 68.4. The quantitative estimate of drug-likeness (QED) is 0.530. The predicted molar refractivity (Wildman–Crippen MR) is 126 cm³/mol. The van der Waals surface area contributed by atoms with Gasteiger partial charge in [0.15, 0.2) is 0 Å². The Hall–Kier alpha value is -2.26. The molecule has 0 heterocycles. The Morgan fingerprint density at radius 2 is 1.57 bits per heavy atom. The summed E-state index contributed by atoms with van der Waals surface area (Å²) >= 11 is 5.76. The van der Waals surface area contributed by atoms with Gasteiger partial charge in [-0.15, -0.1) is 0 Å². The van der Waals surface area contributed by atoms with Crippen molar-refractivity contribution in [2.45, 2.75) is 55.1 Å². The Bertz CT molecular complexity index is 1200. The highest BCUT2D eigenvalue weighted by atomic mass is 35.5. The zero-order valence-corrected chi connectivity index (χ0v) is 20.5. The minimum absolute atomic E-state index is 0.119. The lowest BCUT2D eigenvalue weighted by molar-refractivity contribution is -0.137. The number of rotatable bonds is 6. The molecule has 1 N–H and O–H groups in total. The molecule has 0 saturated heterocycles. The van der Waals surface area contributed by atoms with E-state index in [1.807, 2.05) is 0 Å². The van der Waals surface area contributed by atoms with Crippen LogP contribution in [0.5, 0.6) is 0 Å². The largest absolute Gasteiger partial charge is 0.417 e. The Kier molecular flexibility index (Phi) is 6.07. The van der Waals surface area contributed by atoms with Gasteiger partial charge in [0.25, 0.3) is 10.0 Å². The monoisotopic (exact) mass is 526 g/mol. The summed E-state index contributed by atoms with van der Waals surface area (Å²) in [6, 6.07) is 10.2. The van der Waals surface area contributed by atoms with Crippen LogP contribution in [0.3, 0.4) is 0 Å². The number of nitrogens with zero attached hydrogens (tertiary/aromatic N) is 1. The van der Waals surface area contributed by atoms with Gasteiger partial charge in [0.2, 0.25) is 5.91 Å². The summed E-state index contributed by atoms with van der Waals surface area (Å²) in [5, 5.41) is 2.57. The number of halogens is 4. The standard InChI is InChI=1S/C25H26ClF3N2O3S/c26-22-7-6-19(11-21(22)25(27,28)29)31(35(33,34)20-4-2-1-3-5-20)15-23(32)30-24-12-16-8-17(13-24)10-18(9-16)14-24/h1-7,11,16-18H,8-10,12-15H2,(H,30,32). The number of amides is 1. The van der Waals surface area contributed by atoms with E-state index in [2.05, 4.69) is 5.32 Å². The Balaban J connectivity index is 1.47. The van der Waals surface area contributed by atoms with Crippen LogP contribution in [0.2, 0.25) is 5.02 Å². The second-order valence-corrected chi connectivity index (χ2v) is 12.5. The molecular formula is C25H26ClF3N2O3S. The molecule has 4 bridgehead atoms. The number of hydrogen-bond donors (Lipinski definition) is 1. The van der Waals surface area contributed by atoms with Gasteiger partial charge in [0.05, 0.1) is 21.2 Å². The fraction of sp³-hybridized carbons (Fsp3) is 0.480. The number of hydrogen-bond acceptors (Lipinski definition) is 3.